The second-order valence-electron chi connectivity index (χ2n) is 10.3. The summed E-state index contributed by atoms with van der Waals surface area (Å²) in [6.45, 7) is 13.0. The first-order valence-corrected chi connectivity index (χ1v) is 14.2. The van der Waals surface area contributed by atoms with Gasteiger partial charge < -0.3 is 25.4 Å². The van der Waals surface area contributed by atoms with E-state index in [1.807, 2.05) is 31.2 Å². The van der Waals surface area contributed by atoms with E-state index in [9.17, 15) is 9.59 Å². The third-order valence-electron chi connectivity index (χ3n) is 7.64. The quantitative estimate of drug-likeness (QED) is 0.198. The second kappa shape index (κ2) is 15.1. The first-order valence-electron chi connectivity index (χ1n) is 14.2. The van der Waals surface area contributed by atoms with Crippen molar-refractivity contribution in [1.29, 1.82) is 0 Å². The Kier molecular flexibility index (Phi) is 11.6. The van der Waals surface area contributed by atoms with Gasteiger partial charge in [-0.2, -0.15) is 0 Å². The zero-order valence-corrected chi connectivity index (χ0v) is 24.2. The Hall–Kier alpha value is -3.81. The van der Waals surface area contributed by atoms with E-state index >= 15 is 0 Å². The van der Waals surface area contributed by atoms with Crippen LogP contribution in [-0.2, 0) is 19.4 Å². The lowest BCUT2D eigenvalue weighted by Gasteiger charge is -2.39. The van der Waals surface area contributed by atoms with Crippen molar-refractivity contribution >= 4 is 17.7 Å². The maximum Gasteiger partial charge on any atom is 0.404 e. The van der Waals surface area contributed by atoms with E-state index in [1.165, 1.54) is 0 Å². The summed E-state index contributed by atoms with van der Waals surface area (Å²) in [5.74, 6) is 0.392. The second-order valence-corrected chi connectivity index (χ2v) is 10.3. The van der Waals surface area contributed by atoms with Gasteiger partial charge in [-0.15, -0.1) is 13.2 Å². The van der Waals surface area contributed by atoms with Gasteiger partial charge >= 0.3 is 6.09 Å². The number of amides is 2. The fraction of sp³-hybridized carbons (Fsp3) is 0.469. The van der Waals surface area contributed by atoms with Crippen LogP contribution in [0.1, 0.15) is 78.2 Å². The molecule has 0 radical (unpaired) electrons. The van der Waals surface area contributed by atoms with Gasteiger partial charge in [0.1, 0.15) is 0 Å². The number of hydrogen-bond donors (Lipinski definition) is 3. The van der Waals surface area contributed by atoms with Crippen LogP contribution >= 0.6 is 0 Å². The zero-order chi connectivity index (χ0) is 29.1. The predicted molar refractivity (Wildman–Crippen MR) is 160 cm³/mol. The molecule has 1 aliphatic carbocycles. The topological polar surface area (TPSA) is 104 Å². The predicted octanol–water partition coefficient (Wildman–Crippen LogP) is 5.97. The minimum atomic E-state index is -0.967. The molecule has 1 saturated carbocycles. The van der Waals surface area contributed by atoms with E-state index in [2.05, 4.69) is 52.7 Å². The van der Waals surface area contributed by atoms with Crippen molar-refractivity contribution in [2.45, 2.75) is 83.8 Å². The highest BCUT2D eigenvalue weighted by Gasteiger charge is 2.28. The molecule has 216 valence electrons. The molecule has 0 unspecified atom stereocenters. The average molecular weight is 549 g/mol. The molecule has 0 atom stereocenters. The molecule has 0 saturated heterocycles. The van der Waals surface area contributed by atoms with Crippen molar-refractivity contribution < 1.29 is 19.4 Å². The van der Waals surface area contributed by atoms with E-state index in [1.54, 1.807) is 7.11 Å². The Morgan fingerprint density at radius 2 is 1.93 bits per heavy atom. The number of rotatable bonds is 14. The van der Waals surface area contributed by atoms with Crippen LogP contribution in [-0.4, -0.2) is 47.8 Å². The average Bonchev–Trinajstić information content (AvgIpc) is 2.94. The Morgan fingerprint density at radius 3 is 2.55 bits per heavy atom. The number of allylic oxidation sites excluding steroid dienone is 2. The van der Waals surface area contributed by atoms with Crippen molar-refractivity contribution in [3.63, 3.8) is 0 Å². The van der Waals surface area contributed by atoms with Gasteiger partial charge in [-0.05, 0) is 94.5 Å². The van der Waals surface area contributed by atoms with Gasteiger partial charge in [-0.1, -0.05) is 18.2 Å². The third-order valence-corrected chi connectivity index (χ3v) is 7.64. The van der Waals surface area contributed by atoms with Crippen molar-refractivity contribution in [2.24, 2.45) is 0 Å². The molecule has 2 aromatic rings. The van der Waals surface area contributed by atoms with Crippen LogP contribution in [0.15, 0.2) is 49.6 Å². The molecule has 1 aromatic carbocycles. The van der Waals surface area contributed by atoms with Crippen LogP contribution in [0, 0.1) is 6.92 Å². The fourth-order valence-electron chi connectivity index (χ4n) is 5.77. The highest BCUT2D eigenvalue weighted by Crippen LogP contribution is 2.32. The zero-order valence-electron chi connectivity index (χ0n) is 24.2. The normalized spacial score (nSPS) is 16.6. The van der Waals surface area contributed by atoms with Crippen LogP contribution in [0.3, 0.4) is 0 Å². The Labute approximate surface area is 238 Å². The SMILES string of the molecule is C=CCCCc1cc(C)nc(OC)c1CNC(=O)c1cccc(N(CC)C2CCC(NC(=O)O)CC2)c1CC=C. The molecule has 0 bridgehead atoms. The number of aryl methyl sites for hydroxylation is 2. The van der Waals surface area contributed by atoms with Crippen LogP contribution in [0.4, 0.5) is 10.5 Å². The molecular weight excluding hydrogens is 504 g/mol. The van der Waals surface area contributed by atoms with Crippen molar-refractivity contribution in [3.05, 3.63) is 77.5 Å². The first kappa shape index (κ1) is 30.7. The molecule has 40 heavy (non-hydrogen) atoms. The number of ether oxygens (including phenoxy) is 1. The minimum absolute atomic E-state index is 0.00729. The van der Waals surface area contributed by atoms with E-state index < -0.39 is 6.09 Å². The molecule has 3 rings (SSSR count). The first-order chi connectivity index (χ1) is 19.3. The summed E-state index contributed by atoms with van der Waals surface area (Å²) in [5.41, 5.74) is 5.51. The number of carbonyl (C=O) groups excluding carboxylic acids is 1. The number of methoxy groups -OCH3 is 1. The van der Waals surface area contributed by atoms with Crippen molar-refractivity contribution in [1.82, 2.24) is 15.6 Å². The van der Waals surface area contributed by atoms with Crippen LogP contribution < -0.4 is 20.3 Å². The van der Waals surface area contributed by atoms with Gasteiger partial charge in [0.15, 0.2) is 0 Å². The van der Waals surface area contributed by atoms with Gasteiger partial charge in [0.05, 0.1) is 7.11 Å². The van der Waals surface area contributed by atoms with E-state index in [0.29, 0.717) is 24.4 Å². The van der Waals surface area contributed by atoms with Crippen molar-refractivity contribution in [2.75, 3.05) is 18.6 Å². The number of carbonyl (C=O) groups is 2. The molecule has 3 N–H and O–H groups in total. The molecule has 1 aliphatic rings. The standard InChI is InChI=1S/C32H44N4O4/c1-6-9-10-13-23-20-22(4)34-31(40-5)28(23)21-33-30(37)27-14-11-15-29(26(27)12-7-2)36(8-3)25-18-16-24(17-19-25)35-32(38)39/h6-7,11,14-15,20,24-25,35H,1-2,8-10,12-13,16-19,21H2,3-5H3,(H,33,37)(H,38,39). The summed E-state index contributed by atoms with van der Waals surface area (Å²) in [7, 11) is 1.61. The summed E-state index contributed by atoms with van der Waals surface area (Å²) in [6, 6.07) is 8.22. The lowest BCUT2D eigenvalue weighted by Crippen LogP contribution is -2.44. The highest BCUT2D eigenvalue weighted by molar-refractivity contribution is 5.97. The fourth-order valence-corrected chi connectivity index (χ4v) is 5.77. The minimum Gasteiger partial charge on any atom is -0.481 e. The smallest absolute Gasteiger partial charge is 0.404 e. The number of aromatic nitrogens is 1. The Bertz CT molecular complexity index is 1190. The molecule has 2 amide bonds. The van der Waals surface area contributed by atoms with E-state index in [-0.39, 0.29) is 18.0 Å². The van der Waals surface area contributed by atoms with Gasteiger partial charge in [-0.3, -0.25) is 4.79 Å². The molecule has 1 aromatic heterocycles. The maximum atomic E-state index is 13.6. The van der Waals surface area contributed by atoms with E-state index in [4.69, 9.17) is 9.84 Å². The maximum absolute atomic E-state index is 13.6. The van der Waals surface area contributed by atoms with Gasteiger partial charge in [0, 0.05) is 47.7 Å². The highest BCUT2D eigenvalue weighted by atomic mass is 16.5. The number of unbranched alkanes of at least 4 members (excludes halogenated alkanes) is 1. The lowest BCUT2D eigenvalue weighted by molar-refractivity contribution is 0.0949. The van der Waals surface area contributed by atoms with Gasteiger partial charge in [-0.25, -0.2) is 9.78 Å². The number of nitrogens with one attached hydrogen (secondary N) is 2. The number of nitrogens with zero attached hydrogens (tertiary/aromatic N) is 2. The van der Waals surface area contributed by atoms with Gasteiger partial charge in [0.2, 0.25) is 5.88 Å². The Morgan fingerprint density at radius 1 is 1.18 bits per heavy atom. The van der Waals surface area contributed by atoms with Gasteiger partial charge in [0.25, 0.3) is 5.91 Å². The Balaban J connectivity index is 1.84. The van der Waals surface area contributed by atoms with Crippen LogP contribution in [0.25, 0.3) is 0 Å². The third kappa shape index (κ3) is 7.87. The molecular formula is C32H44N4O4. The number of pyridine rings is 1. The summed E-state index contributed by atoms with van der Waals surface area (Å²) < 4.78 is 5.59. The molecule has 0 aliphatic heterocycles. The molecule has 1 heterocycles. The van der Waals surface area contributed by atoms with Crippen molar-refractivity contribution in [3.8, 4) is 5.88 Å². The van der Waals surface area contributed by atoms with Crippen LogP contribution in [0.2, 0.25) is 0 Å². The van der Waals surface area contributed by atoms with E-state index in [0.717, 1.165) is 79.6 Å². The molecule has 1 fully saturated rings. The summed E-state index contributed by atoms with van der Waals surface area (Å²) in [4.78, 5) is 31.6. The summed E-state index contributed by atoms with van der Waals surface area (Å²) in [5, 5.41) is 14.8. The van der Waals surface area contributed by atoms with Crippen LogP contribution in [0.5, 0.6) is 5.88 Å². The monoisotopic (exact) mass is 548 g/mol. The molecule has 0 spiro atoms. The lowest BCUT2D eigenvalue weighted by atomic mass is 9.89. The summed E-state index contributed by atoms with van der Waals surface area (Å²) >= 11 is 0. The summed E-state index contributed by atoms with van der Waals surface area (Å²) in [6.07, 6.45) is 9.44. The molecule has 8 heteroatoms. The largest absolute Gasteiger partial charge is 0.481 e. The number of anilines is 1. The molecule has 8 nitrogen and oxygen atoms in total. The number of benzene rings is 1. The number of hydrogen-bond acceptors (Lipinski definition) is 5. The number of carboxylic acid groups (broad SMARTS) is 1.